The number of aliphatic carboxylic acids is 1. The summed E-state index contributed by atoms with van der Waals surface area (Å²) in [6, 6.07) is 14.2. The molecule has 2 aromatic carbocycles. The number of carboxylic acid groups (broad SMARTS) is 1. The molecule has 0 spiro atoms. The topological polar surface area (TPSA) is 96.5 Å². The van der Waals surface area contributed by atoms with Crippen LogP contribution in [0.5, 0.6) is 0 Å². The summed E-state index contributed by atoms with van der Waals surface area (Å²) in [6.07, 6.45) is 1.89. The number of rotatable bonds is 8. The minimum atomic E-state index is -1.31. The summed E-state index contributed by atoms with van der Waals surface area (Å²) in [4.78, 5) is 39.9. The predicted octanol–water partition coefficient (Wildman–Crippen LogP) is 3.98. The van der Waals surface area contributed by atoms with Crippen molar-refractivity contribution < 1.29 is 24.2 Å². The molecular weight excluding hydrogens is 370 g/mol. The number of hydrogen-bond acceptors (Lipinski definition) is 4. The molecular formula is C23H23NO5. The molecule has 6 heteroatoms. The van der Waals surface area contributed by atoms with Crippen LogP contribution in [0.1, 0.15) is 41.8 Å². The average Bonchev–Trinajstić information content (AvgIpc) is 3.14. The first-order valence-corrected chi connectivity index (χ1v) is 9.54. The predicted molar refractivity (Wildman–Crippen MR) is 109 cm³/mol. The second kappa shape index (κ2) is 8.73. The Balaban J connectivity index is 1.92. The monoisotopic (exact) mass is 393 g/mol. The van der Waals surface area contributed by atoms with Gasteiger partial charge in [-0.3, -0.25) is 14.4 Å². The van der Waals surface area contributed by atoms with Crippen molar-refractivity contribution in [3.05, 3.63) is 71.4 Å². The summed E-state index contributed by atoms with van der Waals surface area (Å²) < 4.78 is 5.22. The third-order valence-electron chi connectivity index (χ3n) is 4.98. The molecule has 1 heterocycles. The van der Waals surface area contributed by atoms with Gasteiger partial charge in [-0.05, 0) is 31.4 Å². The van der Waals surface area contributed by atoms with Crippen LogP contribution >= 0.6 is 0 Å². The van der Waals surface area contributed by atoms with Gasteiger partial charge >= 0.3 is 11.9 Å². The van der Waals surface area contributed by atoms with Crippen molar-refractivity contribution in [3.8, 4) is 0 Å². The molecule has 0 aliphatic rings. The van der Waals surface area contributed by atoms with Gasteiger partial charge in [0.25, 0.3) is 0 Å². The molecule has 0 aliphatic heterocycles. The number of carbonyl (C=O) groups excluding carboxylic acids is 2. The van der Waals surface area contributed by atoms with Gasteiger partial charge in [-0.15, -0.1) is 0 Å². The average molecular weight is 393 g/mol. The van der Waals surface area contributed by atoms with Gasteiger partial charge in [0, 0.05) is 22.7 Å². The van der Waals surface area contributed by atoms with Crippen molar-refractivity contribution in [2.75, 3.05) is 0 Å². The Bertz CT molecular complexity index is 1040. The highest BCUT2D eigenvalue weighted by Crippen LogP contribution is 2.26. The number of fused-ring (bicyclic) bond motifs is 1. The molecule has 29 heavy (non-hydrogen) atoms. The number of esters is 1. The summed E-state index contributed by atoms with van der Waals surface area (Å²) in [7, 11) is 0. The van der Waals surface area contributed by atoms with Gasteiger partial charge in [0.1, 0.15) is 0 Å². The molecule has 2 atom stereocenters. The number of ketones is 1. The Labute approximate surface area is 168 Å². The van der Waals surface area contributed by atoms with Gasteiger partial charge in [-0.1, -0.05) is 49.4 Å². The Hall–Kier alpha value is -3.41. The number of hydrogen-bond donors (Lipinski definition) is 2. The lowest BCUT2D eigenvalue weighted by Gasteiger charge is -2.15. The van der Waals surface area contributed by atoms with E-state index in [-0.39, 0.29) is 18.3 Å². The van der Waals surface area contributed by atoms with Gasteiger partial charge in [0.05, 0.1) is 11.6 Å². The fraction of sp³-hybridized carbons (Fsp3) is 0.261. The Morgan fingerprint density at radius 3 is 2.45 bits per heavy atom. The number of benzene rings is 2. The number of aromatic amines is 1. The van der Waals surface area contributed by atoms with Crippen LogP contribution in [0.4, 0.5) is 0 Å². The molecule has 1 aromatic heterocycles. The first kappa shape index (κ1) is 20.3. The maximum atomic E-state index is 12.9. The van der Waals surface area contributed by atoms with Gasteiger partial charge in [0.2, 0.25) is 0 Å². The third-order valence-corrected chi connectivity index (χ3v) is 4.98. The molecule has 0 fully saturated rings. The van der Waals surface area contributed by atoms with Crippen LogP contribution in [0.15, 0.2) is 54.7 Å². The first-order valence-electron chi connectivity index (χ1n) is 9.54. The van der Waals surface area contributed by atoms with E-state index in [0.29, 0.717) is 28.6 Å². The second-order valence-electron chi connectivity index (χ2n) is 6.99. The lowest BCUT2D eigenvalue weighted by atomic mass is 9.96. The normalized spacial score (nSPS) is 13.0. The van der Waals surface area contributed by atoms with Crippen LogP contribution in [0.2, 0.25) is 0 Å². The molecule has 3 rings (SSSR count). The van der Waals surface area contributed by atoms with E-state index >= 15 is 0 Å². The molecule has 0 saturated carbocycles. The van der Waals surface area contributed by atoms with E-state index in [9.17, 15) is 19.5 Å². The quantitative estimate of drug-likeness (QED) is 0.343. The lowest BCUT2D eigenvalue weighted by molar-refractivity contribution is -0.161. The number of H-pyrrole nitrogens is 1. The highest BCUT2D eigenvalue weighted by Gasteiger charge is 2.30. The maximum absolute atomic E-state index is 12.9. The molecule has 2 N–H and O–H groups in total. The summed E-state index contributed by atoms with van der Waals surface area (Å²) in [5, 5.41) is 10.2. The number of carboxylic acids is 1. The molecule has 0 bridgehead atoms. The molecule has 6 nitrogen and oxygen atoms in total. The van der Waals surface area contributed by atoms with E-state index in [4.69, 9.17) is 4.74 Å². The fourth-order valence-corrected chi connectivity index (χ4v) is 3.17. The molecule has 3 aromatic rings. The van der Waals surface area contributed by atoms with Gasteiger partial charge < -0.3 is 14.8 Å². The van der Waals surface area contributed by atoms with Crippen molar-refractivity contribution in [1.29, 1.82) is 0 Å². The lowest BCUT2D eigenvalue weighted by Crippen LogP contribution is -2.30. The van der Waals surface area contributed by atoms with Crippen LogP contribution in [0.3, 0.4) is 0 Å². The number of aromatic nitrogens is 1. The maximum Gasteiger partial charge on any atom is 0.320 e. The molecule has 0 saturated heterocycles. The van der Waals surface area contributed by atoms with Crippen LogP contribution < -0.4 is 0 Å². The first-order chi connectivity index (χ1) is 13.9. The molecule has 0 radical (unpaired) electrons. The highest BCUT2D eigenvalue weighted by atomic mass is 16.5. The zero-order chi connectivity index (χ0) is 21.0. The van der Waals surface area contributed by atoms with Gasteiger partial charge in [-0.25, -0.2) is 0 Å². The number of para-hydroxylation sites is 1. The van der Waals surface area contributed by atoms with Crippen LogP contribution in [-0.4, -0.2) is 33.9 Å². The summed E-state index contributed by atoms with van der Waals surface area (Å²) in [5.74, 6) is -3.42. The largest absolute Gasteiger partial charge is 0.481 e. The van der Waals surface area contributed by atoms with Crippen LogP contribution in [0, 0.1) is 5.92 Å². The van der Waals surface area contributed by atoms with E-state index in [0.717, 1.165) is 5.39 Å². The summed E-state index contributed by atoms with van der Waals surface area (Å²) in [5.41, 5.74) is 2.33. The second-order valence-corrected chi connectivity index (χ2v) is 6.99. The van der Waals surface area contributed by atoms with Crippen molar-refractivity contribution in [2.45, 2.75) is 32.8 Å². The van der Waals surface area contributed by atoms with E-state index in [1.807, 2.05) is 19.1 Å². The van der Waals surface area contributed by atoms with E-state index in [2.05, 4.69) is 4.98 Å². The van der Waals surface area contributed by atoms with Gasteiger partial charge in [0.15, 0.2) is 11.7 Å². The van der Waals surface area contributed by atoms with Crippen molar-refractivity contribution in [1.82, 2.24) is 4.98 Å². The Kier molecular flexibility index (Phi) is 6.12. The number of ether oxygens (including phenoxy) is 1. The van der Waals surface area contributed by atoms with Crippen LogP contribution in [-0.2, 0) is 20.7 Å². The third kappa shape index (κ3) is 4.37. The van der Waals surface area contributed by atoms with Crippen molar-refractivity contribution >= 4 is 28.6 Å². The van der Waals surface area contributed by atoms with Crippen molar-refractivity contribution in [3.63, 3.8) is 0 Å². The summed E-state index contributed by atoms with van der Waals surface area (Å²) in [6.45, 7) is 3.59. The highest BCUT2D eigenvalue weighted by molar-refractivity contribution is 6.16. The van der Waals surface area contributed by atoms with E-state index in [1.165, 1.54) is 0 Å². The molecule has 0 aliphatic carbocycles. The Morgan fingerprint density at radius 2 is 1.79 bits per heavy atom. The van der Waals surface area contributed by atoms with E-state index in [1.54, 1.807) is 49.5 Å². The standard InChI is InChI=1S/C23H23NO5/c1-3-14(2)29-23(28)19(22(26)27)12-16-13-24-20-17(16)10-7-11-18(20)21(25)15-8-5-4-6-9-15/h4-11,13-14,19,24H,3,12H2,1-2H3,(H,26,27). The molecule has 0 amide bonds. The number of nitrogens with one attached hydrogen (secondary N) is 1. The van der Waals surface area contributed by atoms with Crippen LogP contribution in [0.25, 0.3) is 10.9 Å². The van der Waals surface area contributed by atoms with E-state index < -0.39 is 17.9 Å². The zero-order valence-corrected chi connectivity index (χ0v) is 16.3. The Morgan fingerprint density at radius 1 is 1.07 bits per heavy atom. The SMILES string of the molecule is CCC(C)OC(=O)C(Cc1c[nH]c2c(C(=O)c3ccccc3)cccc12)C(=O)O. The number of carbonyl (C=O) groups is 3. The fourth-order valence-electron chi connectivity index (χ4n) is 3.17. The zero-order valence-electron chi connectivity index (χ0n) is 16.3. The minimum absolute atomic E-state index is 0.0203. The van der Waals surface area contributed by atoms with Gasteiger partial charge in [-0.2, -0.15) is 0 Å². The molecule has 150 valence electrons. The minimum Gasteiger partial charge on any atom is -0.481 e. The summed E-state index contributed by atoms with van der Waals surface area (Å²) >= 11 is 0. The van der Waals surface area contributed by atoms with Crippen molar-refractivity contribution in [2.24, 2.45) is 5.92 Å². The smallest absolute Gasteiger partial charge is 0.320 e. The molecule has 2 unspecified atom stereocenters.